The van der Waals surface area contributed by atoms with E-state index in [2.05, 4.69) is 25.5 Å². The van der Waals surface area contributed by atoms with Crippen molar-refractivity contribution in [2.75, 3.05) is 0 Å². The first-order valence-corrected chi connectivity index (χ1v) is 8.82. The number of aliphatic hydroxyl groups is 1. The van der Waals surface area contributed by atoms with E-state index in [1.54, 1.807) is 17.1 Å². The maximum atomic E-state index is 12.2. The zero-order valence-corrected chi connectivity index (χ0v) is 14.8. The predicted octanol–water partition coefficient (Wildman–Crippen LogP) is 1.29. The van der Waals surface area contributed by atoms with Gasteiger partial charge in [-0.25, -0.2) is 4.98 Å². The molecule has 3 aromatic heterocycles. The molecule has 140 valence electrons. The second-order valence-corrected chi connectivity index (χ2v) is 6.69. The number of rotatable bonds is 4. The number of carbonyl (C=O) groups is 1. The Bertz CT molecular complexity index is 909. The maximum Gasteiger partial charge on any atom is 0.290 e. The first-order valence-electron chi connectivity index (χ1n) is 8.82. The minimum absolute atomic E-state index is 0.0800. The van der Waals surface area contributed by atoms with Crippen LogP contribution in [0.3, 0.4) is 0 Å². The third kappa shape index (κ3) is 3.59. The molecule has 4 rings (SSSR count). The Morgan fingerprint density at radius 3 is 2.96 bits per heavy atom. The van der Waals surface area contributed by atoms with Gasteiger partial charge in [0.1, 0.15) is 5.82 Å². The summed E-state index contributed by atoms with van der Waals surface area (Å²) < 4.78 is 6.64. The lowest BCUT2D eigenvalue weighted by molar-refractivity contribution is 0.0647. The molecule has 0 unspecified atom stereocenters. The number of nitrogens with zero attached hydrogens (tertiary/aromatic N) is 5. The number of hydrogen-bond acceptors (Lipinski definition) is 7. The van der Waals surface area contributed by atoms with Gasteiger partial charge in [0, 0.05) is 37.0 Å². The van der Waals surface area contributed by atoms with Gasteiger partial charge >= 0.3 is 0 Å². The van der Waals surface area contributed by atoms with Crippen LogP contribution in [0.1, 0.15) is 41.6 Å². The normalized spacial score (nSPS) is 22.5. The molecular formula is C18H20N6O3. The van der Waals surface area contributed by atoms with Crippen molar-refractivity contribution in [3.63, 3.8) is 0 Å². The molecule has 0 aliphatic heterocycles. The standard InChI is InChI=1S/C18H20N6O3/c1-24-17(22-16(23-24)12-3-2-7-19-10-12)11-4-5-14(25)13(9-11)21-18(26)15-6-8-20-27-15/h2-3,6-8,10-11,13-14,25H,4-5,9H2,1H3,(H,21,26)/t11-,13+,14+/m0/s1. The van der Waals surface area contributed by atoms with Gasteiger partial charge in [-0.15, -0.1) is 0 Å². The molecule has 1 aliphatic rings. The predicted molar refractivity (Wildman–Crippen MR) is 94.6 cm³/mol. The van der Waals surface area contributed by atoms with E-state index in [0.717, 1.165) is 17.8 Å². The van der Waals surface area contributed by atoms with Crippen LogP contribution < -0.4 is 5.32 Å². The molecule has 9 heteroatoms. The average Bonchev–Trinajstić information content (AvgIpc) is 3.34. The molecule has 0 saturated heterocycles. The largest absolute Gasteiger partial charge is 0.391 e. The summed E-state index contributed by atoms with van der Waals surface area (Å²) >= 11 is 0. The number of aliphatic hydroxyl groups excluding tert-OH is 1. The van der Waals surface area contributed by atoms with E-state index in [1.807, 2.05) is 19.2 Å². The SMILES string of the molecule is Cn1nc(-c2cccnc2)nc1[C@H]1CC[C@@H](O)[C@H](NC(=O)c2ccno2)C1. The molecule has 0 spiro atoms. The highest BCUT2D eigenvalue weighted by molar-refractivity contribution is 5.91. The Kier molecular flexibility index (Phi) is 4.68. The zero-order chi connectivity index (χ0) is 18.8. The van der Waals surface area contributed by atoms with E-state index in [4.69, 9.17) is 4.52 Å². The minimum atomic E-state index is -0.612. The summed E-state index contributed by atoms with van der Waals surface area (Å²) in [6, 6.07) is 4.86. The topological polar surface area (TPSA) is 119 Å². The number of aromatic nitrogens is 5. The van der Waals surface area contributed by atoms with E-state index >= 15 is 0 Å². The highest BCUT2D eigenvalue weighted by Crippen LogP contribution is 2.33. The van der Waals surface area contributed by atoms with Crippen LogP contribution in [-0.2, 0) is 7.05 Å². The van der Waals surface area contributed by atoms with Gasteiger partial charge in [0.05, 0.1) is 18.3 Å². The Hall–Kier alpha value is -3.07. The fourth-order valence-corrected chi connectivity index (χ4v) is 3.49. The summed E-state index contributed by atoms with van der Waals surface area (Å²) in [6.07, 6.45) is 6.14. The van der Waals surface area contributed by atoms with E-state index in [0.29, 0.717) is 18.7 Å². The molecule has 0 radical (unpaired) electrons. The highest BCUT2D eigenvalue weighted by atomic mass is 16.5. The first kappa shape index (κ1) is 17.3. The molecule has 3 heterocycles. The molecule has 1 saturated carbocycles. The average molecular weight is 368 g/mol. The molecule has 3 atom stereocenters. The van der Waals surface area contributed by atoms with Gasteiger partial charge in [0.25, 0.3) is 5.91 Å². The van der Waals surface area contributed by atoms with Crippen LogP contribution in [0.25, 0.3) is 11.4 Å². The Balaban J connectivity index is 1.51. The molecule has 27 heavy (non-hydrogen) atoms. The van der Waals surface area contributed by atoms with Gasteiger partial charge in [-0.05, 0) is 31.4 Å². The highest BCUT2D eigenvalue weighted by Gasteiger charge is 2.34. The van der Waals surface area contributed by atoms with Gasteiger partial charge in [-0.3, -0.25) is 14.5 Å². The van der Waals surface area contributed by atoms with Crippen molar-refractivity contribution >= 4 is 5.91 Å². The summed E-state index contributed by atoms with van der Waals surface area (Å²) in [6.45, 7) is 0. The Morgan fingerprint density at radius 1 is 1.33 bits per heavy atom. The fraction of sp³-hybridized carbons (Fsp3) is 0.389. The van der Waals surface area contributed by atoms with Crippen molar-refractivity contribution in [2.24, 2.45) is 7.05 Å². The summed E-state index contributed by atoms with van der Waals surface area (Å²) in [5.41, 5.74) is 0.852. The van der Waals surface area contributed by atoms with Crippen molar-refractivity contribution in [2.45, 2.75) is 37.3 Å². The molecule has 1 fully saturated rings. The lowest BCUT2D eigenvalue weighted by atomic mass is 9.83. The lowest BCUT2D eigenvalue weighted by Crippen LogP contribution is -2.46. The number of amides is 1. The van der Waals surface area contributed by atoms with Crippen LogP contribution in [0, 0.1) is 0 Å². The summed E-state index contributed by atoms with van der Waals surface area (Å²) in [5, 5.41) is 21.2. The number of nitrogens with one attached hydrogen (secondary N) is 1. The molecule has 2 N–H and O–H groups in total. The number of carbonyl (C=O) groups excluding carboxylic acids is 1. The van der Waals surface area contributed by atoms with Crippen LogP contribution in [0.2, 0.25) is 0 Å². The van der Waals surface area contributed by atoms with Gasteiger partial charge in [0.2, 0.25) is 5.76 Å². The van der Waals surface area contributed by atoms with Gasteiger partial charge in [-0.2, -0.15) is 5.10 Å². The minimum Gasteiger partial charge on any atom is -0.391 e. The summed E-state index contributed by atoms with van der Waals surface area (Å²) in [4.78, 5) is 21.0. The monoisotopic (exact) mass is 368 g/mol. The second kappa shape index (κ2) is 7.28. The van der Waals surface area contributed by atoms with E-state index in [-0.39, 0.29) is 23.6 Å². The molecule has 1 amide bonds. The smallest absolute Gasteiger partial charge is 0.290 e. The van der Waals surface area contributed by atoms with E-state index in [1.165, 1.54) is 12.3 Å². The van der Waals surface area contributed by atoms with E-state index < -0.39 is 6.10 Å². The zero-order valence-electron chi connectivity index (χ0n) is 14.8. The molecule has 0 bridgehead atoms. The second-order valence-electron chi connectivity index (χ2n) is 6.69. The lowest BCUT2D eigenvalue weighted by Gasteiger charge is -2.33. The summed E-state index contributed by atoms with van der Waals surface area (Å²) in [7, 11) is 1.86. The van der Waals surface area contributed by atoms with Crippen LogP contribution in [0.15, 0.2) is 41.3 Å². The molecule has 9 nitrogen and oxygen atoms in total. The molecular weight excluding hydrogens is 348 g/mol. The molecule has 1 aliphatic carbocycles. The van der Waals surface area contributed by atoms with Gasteiger partial charge < -0.3 is 14.9 Å². The number of hydrogen-bond donors (Lipinski definition) is 2. The third-order valence-corrected chi connectivity index (χ3v) is 4.87. The van der Waals surface area contributed by atoms with E-state index in [9.17, 15) is 9.90 Å². The fourth-order valence-electron chi connectivity index (χ4n) is 3.49. The first-order chi connectivity index (χ1) is 13.1. The molecule has 0 aromatic carbocycles. The maximum absolute atomic E-state index is 12.2. The Morgan fingerprint density at radius 2 is 2.22 bits per heavy atom. The van der Waals surface area contributed by atoms with Crippen LogP contribution in [0.5, 0.6) is 0 Å². The Labute approximate surface area is 155 Å². The van der Waals surface area contributed by atoms with Crippen molar-refractivity contribution in [1.82, 2.24) is 30.2 Å². The number of aryl methyl sites for hydroxylation is 1. The van der Waals surface area contributed by atoms with Crippen LogP contribution >= 0.6 is 0 Å². The quantitative estimate of drug-likeness (QED) is 0.712. The third-order valence-electron chi connectivity index (χ3n) is 4.87. The van der Waals surface area contributed by atoms with Crippen LogP contribution in [0.4, 0.5) is 0 Å². The van der Waals surface area contributed by atoms with Crippen molar-refractivity contribution in [3.8, 4) is 11.4 Å². The van der Waals surface area contributed by atoms with Crippen molar-refractivity contribution in [3.05, 3.63) is 48.4 Å². The summed E-state index contributed by atoms with van der Waals surface area (Å²) in [5.74, 6) is 1.28. The number of pyridine rings is 1. The van der Waals surface area contributed by atoms with Gasteiger partial charge in [-0.1, -0.05) is 5.16 Å². The van der Waals surface area contributed by atoms with Crippen molar-refractivity contribution in [1.29, 1.82) is 0 Å². The van der Waals surface area contributed by atoms with Crippen molar-refractivity contribution < 1.29 is 14.4 Å². The van der Waals surface area contributed by atoms with Crippen LogP contribution in [-0.4, -0.2) is 48.1 Å². The molecule has 3 aromatic rings. The van der Waals surface area contributed by atoms with Gasteiger partial charge in [0.15, 0.2) is 5.82 Å².